The van der Waals surface area contributed by atoms with Gasteiger partial charge in [0.1, 0.15) is 12.1 Å². The van der Waals surface area contributed by atoms with Crippen molar-refractivity contribution in [2.45, 2.75) is 6.42 Å². The van der Waals surface area contributed by atoms with Gasteiger partial charge in [0.25, 0.3) is 0 Å². The average Bonchev–Trinajstić information content (AvgIpc) is 2.68. The first-order chi connectivity index (χ1) is 13.1. The molecule has 0 aliphatic carbocycles. The zero-order valence-electron chi connectivity index (χ0n) is 14.6. The third-order valence-corrected chi connectivity index (χ3v) is 4.25. The minimum atomic E-state index is -0.511. The number of rotatable bonds is 8. The lowest BCUT2D eigenvalue weighted by molar-refractivity contribution is -0.383. The largest absolute Gasteiger partial charge is 0.379 e. The molecule has 11 heteroatoms. The summed E-state index contributed by atoms with van der Waals surface area (Å²) in [6.07, 6.45) is 3.56. The van der Waals surface area contributed by atoms with Gasteiger partial charge in [0.15, 0.2) is 0 Å². The Bertz CT molecular complexity index is 769. The van der Waals surface area contributed by atoms with Gasteiger partial charge in [-0.2, -0.15) is 0 Å². The molecular formula is C16H20ClN7O3. The minimum absolute atomic E-state index is 0.0699. The topological polar surface area (TPSA) is 118 Å². The van der Waals surface area contributed by atoms with Crippen LogP contribution in [0.4, 0.5) is 23.1 Å². The van der Waals surface area contributed by atoms with E-state index >= 15 is 0 Å². The van der Waals surface area contributed by atoms with Gasteiger partial charge in [-0.25, -0.2) is 15.0 Å². The van der Waals surface area contributed by atoms with E-state index in [0.29, 0.717) is 17.4 Å². The normalized spacial score (nSPS) is 14.7. The van der Waals surface area contributed by atoms with Crippen molar-refractivity contribution in [3.05, 3.63) is 39.8 Å². The fraction of sp³-hybridized carbons (Fsp3) is 0.438. The molecule has 0 amide bonds. The summed E-state index contributed by atoms with van der Waals surface area (Å²) >= 11 is 5.80. The number of hydrogen-bond acceptors (Lipinski definition) is 9. The van der Waals surface area contributed by atoms with E-state index in [1.54, 1.807) is 12.1 Å². The van der Waals surface area contributed by atoms with E-state index in [2.05, 4.69) is 30.5 Å². The number of pyridine rings is 1. The van der Waals surface area contributed by atoms with Crippen molar-refractivity contribution in [3.8, 4) is 0 Å². The summed E-state index contributed by atoms with van der Waals surface area (Å²) < 4.78 is 5.32. The van der Waals surface area contributed by atoms with E-state index in [1.165, 1.54) is 12.5 Å². The summed E-state index contributed by atoms with van der Waals surface area (Å²) in [5, 5.41) is 17.9. The van der Waals surface area contributed by atoms with E-state index < -0.39 is 4.92 Å². The summed E-state index contributed by atoms with van der Waals surface area (Å²) in [6.45, 7) is 4.78. The maximum atomic E-state index is 11.5. The summed E-state index contributed by atoms with van der Waals surface area (Å²) in [5.74, 6) is 0.647. The first-order valence-electron chi connectivity index (χ1n) is 8.55. The van der Waals surface area contributed by atoms with Crippen LogP contribution in [0.2, 0.25) is 5.02 Å². The molecule has 2 aromatic heterocycles. The second-order valence-electron chi connectivity index (χ2n) is 5.90. The van der Waals surface area contributed by atoms with Crippen LogP contribution in [0.3, 0.4) is 0 Å². The van der Waals surface area contributed by atoms with Crippen LogP contribution in [0.1, 0.15) is 6.42 Å². The van der Waals surface area contributed by atoms with Crippen LogP contribution in [0, 0.1) is 10.1 Å². The Balaban J connectivity index is 1.63. The molecule has 3 heterocycles. The molecule has 0 radical (unpaired) electrons. The molecule has 0 bridgehead atoms. The number of halogens is 1. The van der Waals surface area contributed by atoms with Crippen molar-refractivity contribution < 1.29 is 9.66 Å². The summed E-state index contributed by atoms with van der Waals surface area (Å²) in [4.78, 5) is 25.4. The predicted octanol–water partition coefficient (Wildman–Crippen LogP) is 2.31. The van der Waals surface area contributed by atoms with Crippen molar-refractivity contribution in [1.29, 1.82) is 0 Å². The van der Waals surface area contributed by atoms with E-state index in [9.17, 15) is 10.1 Å². The Labute approximate surface area is 161 Å². The average molecular weight is 394 g/mol. The van der Waals surface area contributed by atoms with Gasteiger partial charge in [-0.1, -0.05) is 11.6 Å². The quantitative estimate of drug-likeness (QED) is 0.395. The van der Waals surface area contributed by atoms with Gasteiger partial charge in [0.2, 0.25) is 11.6 Å². The first kappa shape index (κ1) is 19.2. The molecule has 2 aromatic rings. The van der Waals surface area contributed by atoms with Crippen LogP contribution >= 0.6 is 11.6 Å². The maximum Gasteiger partial charge on any atom is 0.353 e. The Morgan fingerprint density at radius 3 is 2.70 bits per heavy atom. The number of nitrogens with zero attached hydrogens (tertiary/aromatic N) is 5. The summed E-state index contributed by atoms with van der Waals surface area (Å²) in [6, 6.07) is 3.25. The number of anilines is 3. The summed E-state index contributed by atoms with van der Waals surface area (Å²) in [5.41, 5.74) is -0.222. The van der Waals surface area contributed by atoms with E-state index in [4.69, 9.17) is 16.3 Å². The highest BCUT2D eigenvalue weighted by molar-refractivity contribution is 6.30. The molecule has 10 nitrogen and oxygen atoms in total. The van der Waals surface area contributed by atoms with Crippen LogP contribution in [0.25, 0.3) is 0 Å². The molecule has 1 aliphatic heterocycles. The maximum absolute atomic E-state index is 11.5. The van der Waals surface area contributed by atoms with Crippen LogP contribution in [-0.2, 0) is 4.74 Å². The van der Waals surface area contributed by atoms with Gasteiger partial charge < -0.3 is 15.4 Å². The number of aromatic nitrogens is 3. The second kappa shape index (κ2) is 9.40. The predicted molar refractivity (Wildman–Crippen MR) is 102 cm³/mol. The minimum Gasteiger partial charge on any atom is -0.379 e. The molecular weight excluding hydrogens is 374 g/mol. The van der Waals surface area contributed by atoms with E-state index in [1.807, 2.05) is 0 Å². The molecule has 1 aliphatic rings. The molecule has 1 saturated heterocycles. The number of ether oxygens (including phenoxy) is 1. The van der Waals surface area contributed by atoms with Gasteiger partial charge in [-0.05, 0) is 25.1 Å². The molecule has 0 saturated carbocycles. The molecule has 2 N–H and O–H groups in total. The lowest BCUT2D eigenvalue weighted by Gasteiger charge is -2.26. The highest BCUT2D eigenvalue weighted by Gasteiger charge is 2.23. The Hall–Kier alpha value is -2.56. The molecule has 0 aromatic carbocycles. The Morgan fingerprint density at radius 1 is 1.22 bits per heavy atom. The number of hydrogen-bond donors (Lipinski definition) is 2. The third-order valence-electron chi connectivity index (χ3n) is 4.03. The van der Waals surface area contributed by atoms with Crippen LogP contribution in [0.5, 0.6) is 0 Å². The number of morpholine rings is 1. The molecule has 1 fully saturated rings. The van der Waals surface area contributed by atoms with Crippen molar-refractivity contribution in [2.75, 3.05) is 50.0 Å². The van der Waals surface area contributed by atoms with Crippen molar-refractivity contribution in [1.82, 2.24) is 19.9 Å². The highest BCUT2D eigenvalue weighted by Crippen LogP contribution is 2.30. The standard InChI is InChI=1S/C16H20ClN7O3/c17-12-2-3-13(19-10-12)22-16-14(24(25)26)15(20-11-21-16)18-4-1-5-23-6-8-27-9-7-23/h2-3,10-11H,1,4-9H2,(H2,18,19,20,21,22). The van der Waals surface area contributed by atoms with E-state index in [0.717, 1.165) is 39.3 Å². The van der Waals surface area contributed by atoms with Gasteiger partial charge >= 0.3 is 5.69 Å². The molecule has 144 valence electrons. The Morgan fingerprint density at radius 2 is 2.00 bits per heavy atom. The van der Waals surface area contributed by atoms with Gasteiger partial charge in [-0.15, -0.1) is 0 Å². The van der Waals surface area contributed by atoms with Crippen molar-refractivity contribution >= 4 is 34.7 Å². The van der Waals surface area contributed by atoms with Crippen LogP contribution in [-0.4, -0.2) is 64.2 Å². The molecule has 0 spiro atoms. The van der Waals surface area contributed by atoms with E-state index in [-0.39, 0.29) is 17.3 Å². The lowest BCUT2D eigenvalue weighted by Crippen LogP contribution is -2.37. The molecule has 0 unspecified atom stereocenters. The second-order valence-corrected chi connectivity index (χ2v) is 6.33. The third kappa shape index (κ3) is 5.46. The zero-order chi connectivity index (χ0) is 19.1. The Kier molecular flexibility index (Phi) is 6.69. The fourth-order valence-electron chi connectivity index (χ4n) is 2.68. The van der Waals surface area contributed by atoms with Gasteiger partial charge in [-0.3, -0.25) is 15.0 Å². The lowest BCUT2D eigenvalue weighted by atomic mass is 10.3. The van der Waals surface area contributed by atoms with Crippen molar-refractivity contribution in [3.63, 3.8) is 0 Å². The van der Waals surface area contributed by atoms with Gasteiger partial charge in [0, 0.05) is 25.8 Å². The highest BCUT2D eigenvalue weighted by atomic mass is 35.5. The molecule has 3 rings (SSSR count). The summed E-state index contributed by atoms with van der Waals surface area (Å²) in [7, 11) is 0. The molecule has 27 heavy (non-hydrogen) atoms. The smallest absolute Gasteiger partial charge is 0.353 e. The first-order valence-corrected chi connectivity index (χ1v) is 8.93. The SMILES string of the molecule is O=[N+]([O-])c1c(NCCCN2CCOCC2)ncnc1Nc1ccc(Cl)cn1. The van der Waals surface area contributed by atoms with Crippen molar-refractivity contribution in [2.24, 2.45) is 0 Å². The van der Waals surface area contributed by atoms with Gasteiger partial charge in [0.05, 0.1) is 23.2 Å². The molecule has 0 atom stereocenters. The fourth-order valence-corrected chi connectivity index (χ4v) is 2.79. The van der Waals surface area contributed by atoms with Crippen LogP contribution in [0.15, 0.2) is 24.7 Å². The number of nitrogens with one attached hydrogen (secondary N) is 2. The monoisotopic (exact) mass is 393 g/mol. The number of nitro groups is 1. The van der Waals surface area contributed by atoms with Crippen LogP contribution < -0.4 is 10.6 Å². The zero-order valence-corrected chi connectivity index (χ0v) is 15.4.